The first-order valence-corrected chi connectivity index (χ1v) is 12.6. The minimum Gasteiger partial charge on any atom is -0.372 e. The van der Waals surface area contributed by atoms with E-state index in [0.717, 1.165) is 35.2 Å². The van der Waals surface area contributed by atoms with Crippen LogP contribution in [0.1, 0.15) is 18.4 Å². The van der Waals surface area contributed by atoms with Gasteiger partial charge in [0.25, 0.3) is 0 Å². The van der Waals surface area contributed by atoms with Gasteiger partial charge in [0.1, 0.15) is 0 Å². The molecule has 0 spiro atoms. The van der Waals surface area contributed by atoms with Crippen LogP contribution >= 0.6 is 0 Å². The van der Waals surface area contributed by atoms with E-state index in [-0.39, 0.29) is 30.4 Å². The number of amides is 1. The Labute approximate surface area is 197 Å². The molecule has 0 unspecified atom stereocenters. The third-order valence-electron chi connectivity index (χ3n) is 6.12. The molecule has 2 aliphatic rings. The van der Waals surface area contributed by atoms with E-state index in [1.165, 1.54) is 18.9 Å². The number of sulfonamides is 1. The van der Waals surface area contributed by atoms with E-state index >= 15 is 0 Å². The molecule has 2 aromatic rings. The normalized spacial score (nSPS) is 18.3. The maximum Gasteiger partial charge on any atom is 0.416 e. The maximum atomic E-state index is 13.0. The second kappa shape index (κ2) is 9.93. The van der Waals surface area contributed by atoms with Gasteiger partial charge in [0.15, 0.2) is 0 Å². The Morgan fingerprint density at radius 1 is 0.912 bits per heavy atom. The molecule has 0 bridgehead atoms. The summed E-state index contributed by atoms with van der Waals surface area (Å²) < 4.78 is 65.7. The molecule has 0 radical (unpaired) electrons. The van der Waals surface area contributed by atoms with Crippen LogP contribution in [-0.2, 0) is 21.0 Å². The monoisotopic (exact) mass is 496 g/mol. The minimum absolute atomic E-state index is 0.0936. The van der Waals surface area contributed by atoms with Gasteiger partial charge < -0.3 is 10.2 Å². The van der Waals surface area contributed by atoms with E-state index in [0.29, 0.717) is 24.8 Å². The zero-order valence-electron chi connectivity index (χ0n) is 18.6. The summed E-state index contributed by atoms with van der Waals surface area (Å²) in [6.45, 7) is 2.99. The van der Waals surface area contributed by atoms with Crippen LogP contribution in [0.2, 0.25) is 0 Å². The molecule has 0 saturated carbocycles. The molecule has 11 heteroatoms. The van der Waals surface area contributed by atoms with Crippen molar-refractivity contribution in [2.75, 3.05) is 56.0 Å². The summed E-state index contributed by atoms with van der Waals surface area (Å²) >= 11 is 0. The summed E-state index contributed by atoms with van der Waals surface area (Å²) in [6.07, 6.45) is -2.24. The van der Waals surface area contributed by atoms with E-state index < -0.39 is 21.8 Å². The first-order chi connectivity index (χ1) is 16.1. The Kier molecular flexibility index (Phi) is 7.15. The van der Waals surface area contributed by atoms with Crippen molar-refractivity contribution >= 4 is 27.3 Å². The summed E-state index contributed by atoms with van der Waals surface area (Å²) in [4.78, 5) is 16.2. The Balaban J connectivity index is 1.29. The molecule has 2 aromatic carbocycles. The Morgan fingerprint density at radius 3 is 2.18 bits per heavy atom. The molecule has 0 aromatic heterocycles. The van der Waals surface area contributed by atoms with E-state index in [1.807, 2.05) is 29.2 Å². The van der Waals surface area contributed by atoms with Crippen molar-refractivity contribution < 1.29 is 26.4 Å². The van der Waals surface area contributed by atoms with Crippen molar-refractivity contribution in [3.63, 3.8) is 0 Å². The quantitative estimate of drug-likeness (QED) is 0.665. The Morgan fingerprint density at radius 2 is 1.56 bits per heavy atom. The molecule has 0 atom stereocenters. The largest absolute Gasteiger partial charge is 0.416 e. The number of piperazine rings is 1. The van der Waals surface area contributed by atoms with Crippen LogP contribution in [0.25, 0.3) is 0 Å². The topological polar surface area (TPSA) is 73.0 Å². The third kappa shape index (κ3) is 5.70. The first-order valence-electron chi connectivity index (χ1n) is 11.2. The average molecular weight is 497 g/mol. The number of carbonyl (C=O) groups is 1. The van der Waals surface area contributed by atoms with Gasteiger partial charge in [0.2, 0.25) is 15.9 Å². The van der Waals surface area contributed by atoms with Crippen LogP contribution < -0.4 is 10.2 Å². The van der Waals surface area contributed by atoms with Crippen molar-refractivity contribution in [1.82, 2.24) is 9.21 Å². The van der Waals surface area contributed by atoms with Gasteiger partial charge in [-0.15, -0.1) is 0 Å². The van der Waals surface area contributed by atoms with Gasteiger partial charge in [-0.25, -0.2) is 8.42 Å². The van der Waals surface area contributed by atoms with Crippen molar-refractivity contribution in [2.24, 2.45) is 0 Å². The molecule has 2 aliphatic heterocycles. The molecule has 4 rings (SSSR count). The first kappa shape index (κ1) is 24.5. The number of alkyl halides is 3. The average Bonchev–Trinajstić information content (AvgIpc) is 3.34. The van der Waals surface area contributed by atoms with Crippen LogP contribution in [-0.4, -0.2) is 69.3 Å². The minimum atomic E-state index is -4.62. The predicted octanol–water partition coefficient (Wildman–Crippen LogP) is 3.25. The fourth-order valence-corrected chi connectivity index (χ4v) is 5.71. The fraction of sp³-hybridized carbons (Fsp3) is 0.435. The van der Waals surface area contributed by atoms with E-state index in [1.54, 1.807) is 0 Å². The summed E-state index contributed by atoms with van der Waals surface area (Å²) in [5.74, 6) is -0.205. The van der Waals surface area contributed by atoms with Crippen molar-refractivity contribution in [3.8, 4) is 0 Å². The van der Waals surface area contributed by atoms with Gasteiger partial charge in [-0.1, -0.05) is 6.07 Å². The zero-order chi connectivity index (χ0) is 24.3. The standard InChI is InChI=1S/C23H27F3N4O3S/c24-23(25,26)18-4-3-5-21(16-18)34(32,33)30-14-12-28(13-15-30)17-22(31)27-19-6-8-20(9-7-19)29-10-1-2-11-29/h3-9,16H,1-2,10-15,17H2,(H,27,31). The third-order valence-corrected chi connectivity index (χ3v) is 8.01. The molecule has 7 nitrogen and oxygen atoms in total. The molecular formula is C23H27F3N4O3S. The van der Waals surface area contributed by atoms with Gasteiger partial charge in [0.05, 0.1) is 17.0 Å². The molecule has 0 aliphatic carbocycles. The van der Waals surface area contributed by atoms with Crippen LogP contribution in [0.5, 0.6) is 0 Å². The van der Waals surface area contributed by atoms with Crippen molar-refractivity contribution in [2.45, 2.75) is 23.9 Å². The lowest BCUT2D eigenvalue weighted by Gasteiger charge is -2.33. The van der Waals surface area contributed by atoms with E-state index in [2.05, 4.69) is 10.2 Å². The number of nitrogens with zero attached hydrogens (tertiary/aromatic N) is 3. The Bertz CT molecular complexity index is 1110. The number of hydrogen-bond acceptors (Lipinski definition) is 5. The predicted molar refractivity (Wildman–Crippen MR) is 123 cm³/mol. The number of rotatable bonds is 6. The van der Waals surface area contributed by atoms with Gasteiger partial charge >= 0.3 is 6.18 Å². The van der Waals surface area contributed by atoms with Crippen molar-refractivity contribution in [1.29, 1.82) is 0 Å². The Hall–Kier alpha value is -2.63. The van der Waals surface area contributed by atoms with E-state index in [4.69, 9.17) is 0 Å². The summed E-state index contributed by atoms with van der Waals surface area (Å²) in [7, 11) is -4.05. The van der Waals surface area contributed by atoms with Gasteiger partial charge in [-0.05, 0) is 55.3 Å². The lowest BCUT2D eigenvalue weighted by atomic mass is 10.2. The second-order valence-corrected chi connectivity index (χ2v) is 10.4. The number of nitrogens with one attached hydrogen (secondary N) is 1. The zero-order valence-corrected chi connectivity index (χ0v) is 19.4. The van der Waals surface area contributed by atoms with Crippen LogP contribution in [0.3, 0.4) is 0 Å². The smallest absolute Gasteiger partial charge is 0.372 e. The van der Waals surface area contributed by atoms with Gasteiger partial charge in [-0.2, -0.15) is 17.5 Å². The fourth-order valence-electron chi connectivity index (χ4n) is 4.24. The SMILES string of the molecule is O=C(CN1CCN(S(=O)(=O)c2cccc(C(F)(F)F)c2)CC1)Nc1ccc(N2CCCC2)cc1. The van der Waals surface area contributed by atoms with Crippen LogP contribution in [0.4, 0.5) is 24.5 Å². The maximum absolute atomic E-state index is 13.0. The van der Waals surface area contributed by atoms with E-state index in [9.17, 15) is 26.4 Å². The summed E-state index contributed by atoms with van der Waals surface area (Å²) in [6, 6.07) is 11.5. The molecule has 2 fully saturated rings. The molecule has 34 heavy (non-hydrogen) atoms. The van der Waals surface area contributed by atoms with Crippen LogP contribution in [0, 0.1) is 0 Å². The molecule has 1 N–H and O–H groups in total. The highest BCUT2D eigenvalue weighted by molar-refractivity contribution is 7.89. The highest BCUT2D eigenvalue weighted by Gasteiger charge is 2.34. The number of halogens is 3. The summed E-state index contributed by atoms with van der Waals surface area (Å²) in [5.41, 5.74) is 0.824. The lowest BCUT2D eigenvalue weighted by molar-refractivity contribution is -0.137. The number of benzene rings is 2. The van der Waals surface area contributed by atoms with Crippen molar-refractivity contribution in [3.05, 3.63) is 54.1 Å². The highest BCUT2D eigenvalue weighted by atomic mass is 32.2. The number of anilines is 2. The molecule has 1 amide bonds. The second-order valence-electron chi connectivity index (χ2n) is 8.50. The summed E-state index contributed by atoms with van der Waals surface area (Å²) in [5, 5.41) is 2.86. The molecule has 2 heterocycles. The number of hydrogen-bond donors (Lipinski definition) is 1. The van der Waals surface area contributed by atoms with Gasteiger partial charge in [-0.3, -0.25) is 9.69 Å². The molecule has 184 valence electrons. The lowest BCUT2D eigenvalue weighted by Crippen LogP contribution is -2.50. The molecule has 2 saturated heterocycles. The van der Waals surface area contributed by atoms with Gasteiger partial charge in [0, 0.05) is 50.6 Å². The number of carbonyl (C=O) groups excluding carboxylic acids is 1. The highest BCUT2D eigenvalue weighted by Crippen LogP contribution is 2.31. The van der Waals surface area contributed by atoms with Crippen LogP contribution in [0.15, 0.2) is 53.4 Å². The molecular weight excluding hydrogens is 469 g/mol.